The van der Waals surface area contributed by atoms with Crippen LogP contribution in [-0.2, 0) is 0 Å². The number of hydrogen-bond donors (Lipinski definition) is 0. The minimum atomic E-state index is 1.18. The molecule has 0 fully saturated rings. The van der Waals surface area contributed by atoms with Crippen molar-refractivity contribution >= 4 is 47.6 Å². The van der Waals surface area contributed by atoms with E-state index < -0.39 is 0 Å². The van der Waals surface area contributed by atoms with E-state index in [0.29, 0.717) is 0 Å². The van der Waals surface area contributed by atoms with Crippen LogP contribution in [0.25, 0.3) is 47.6 Å². The third-order valence-corrected chi connectivity index (χ3v) is 11.6. The van der Waals surface area contributed by atoms with Gasteiger partial charge in [0.05, 0.1) is 0 Å². The second-order valence-electron chi connectivity index (χ2n) is 15.9. The van der Waals surface area contributed by atoms with E-state index in [1.807, 2.05) is 0 Å². The summed E-state index contributed by atoms with van der Waals surface area (Å²) in [5.41, 5.74) is 25.0. The smallest absolute Gasteiger partial charge is 0.0105 e. The van der Waals surface area contributed by atoms with Crippen LogP contribution in [0.15, 0.2) is 146 Å². The van der Waals surface area contributed by atoms with Crippen LogP contribution >= 0.6 is 0 Å². The normalized spacial score (nSPS) is 11.3. The molecule has 0 aliphatic heterocycles. The fourth-order valence-electron chi connectivity index (χ4n) is 7.57. The zero-order chi connectivity index (χ0) is 40.8. The number of hydrogen-bond acceptors (Lipinski definition) is 0. The molecule has 0 aliphatic carbocycles. The van der Waals surface area contributed by atoms with E-state index in [0.717, 1.165) is 0 Å². The summed E-state index contributed by atoms with van der Waals surface area (Å²) in [5, 5.41) is 0. The van der Waals surface area contributed by atoms with Gasteiger partial charge in [-0.05, 0) is 157 Å². The molecule has 0 spiro atoms. The predicted octanol–water partition coefficient (Wildman–Crippen LogP) is 15.7. The lowest BCUT2D eigenvalue weighted by atomic mass is 9.88. The molecular weight excluding hydrogens is 697 g/mol. The van der Waals surface area contributed by atoms with Gasteiger partial charge in [0.25, 0.3) is 0 Å². The summed E-state index contributed by atoms with van der Waals surface area (Å²) >= 11 is 0. The van der Waals surface area contributed by atoms with Crippen molar-refractivity contribution in [2.24, 2.45) is 0 Å². The molecule has 7 aromatic carbocycles. The predicted molar refractivity (Wildman–Crippen MR) is 255 cm³/mol. The molecule has 0 N–H and O–H groups in total. The van der Waals surface area contributed by atoms with E-state index in [1.54, 1.807) is 0 Å². The summed E-state index contributed by atoms with van der Waals surface area (Å²) in [6.45, 7) is 17.6. The molecule has 0 radical (unpaired) electrons. The summed E-state index contributed by atoms with van der Waals surface area (Å²) in [4.78, 5) is 0. The quantitative estimate of drug-likeness (QED) is 0.122. The van der Waals surface area contributed by atoms with Gasteiger partial charge >= 0.3 is 0 Å². The number of rotatable bonds is 10. The monoisotopic (exact) mass is 750 g/mol. The Bertz CT molecular complexity index is 2320. The zero-order valence-electron chi connectivity index (χ0n) is 35.3. The highest BCUT2D eigenvalue weighted by molar-refractivity contribution is 5.93. The fraction of sp³-hybridized carbons (Fsp3) is 0.138. The molecule has 0 nitrogen and oxygen atoms in total. The van der Waals surface area contributed by atoms with Crippen molar-refractivity contribution in [3.05, 3.63) is 246 Å². The van der Waals surface area contributed by atoms with E-state index >= 15 is 0 Å². The van der Waals surface area contributed by atoms with Gasteiger partial charge in [-0.3, -0.25) is 0 Å². The molecule has 7 aromatic rings. The second-order valence-corrected chi connectivity index (χ2v) is 15.9. The lowest BCUT2D eigenvalue weighted by Crippen LogP contribution is -1.99. The van der Waals surface area contributed by atoms with Gasteiger partial charge in [-0.1, -0.05) is 192 Å². The zero-order valence-corrected chi connectivity index (χ0v) is 35.3. The highest BCUT2D eigenvalue weighted by Crippen LogP contribution is 2.32. The summed E-state index contributed by atoms with van der Waals surface area (Å²) in [6.07, 6.45) is 13.7. The van der Waals surface area contributed by atoms with Crippen LogP contribution in [0.3, 0.4) is 0 Å². The lowest BCUT2D eigenvalue weighted by Gasteiger charge is -2.17. The third kappa shape index (κ3) is 9.37. The van der Waals surface area contributed by atoms with Crippen LogP contribution in [0.5, 0.6) is 0 Å². The van der Waals surface area contributed by atoms with Gasteiger partial charge in [-0.2, -0.15) is 0 Å². The first-order valence-electron chi connectivity index (χ1n) is 20.4. The molecule has 0 atom stereocenters. The van der Waals surface area contributed by atoms with Crippen molar-refractivity contribution in [1.82, 2.24) is 0 Å². The highest BCUT2D eigenvalue weighted by Gasteiger charge is 2.12. The second kappa shape index (κ2) is 17.7. The van der Waals surface area contributed by atoms with E-state index in [-0.39, 0.29) is 0 Å². The van der Waals surface area contributed by atoms with Crippen LogP contribution < -0.4 is 0 Å². The Hall–Kier alpha value is -6.50. The van der Waals surface area contributed by atoms with Gasteiger partial charge in [0.1, 0.15) is 0 Å². The van der Waals surface area contributed by atoms with Gasteiger partial charge in [0.2, 0.25) is 0 Å². The molecule has 0 bridgehead atoms. The maximum absolute atomic E-state index is 2.30. The van der Waals surface area contributed by atoms with Crippen molar-refractivity contribution in [2.45, 2.75) is 55.4 Å². The molecule has 0 heterocycles. The molecule has 0 saturated carbocycles. The van der Waals surface area contributed by atoms with Crippen LogP contribution in [0, 0.1) is 55.4 Å². The average molecular weight is 751 g/mol. The Morgan fingerprint density at radius 2 is 0.483 bits per heavy atom. The lowest BCUT2D eigenvalue weighted by molar-refractivity contribution is 1.21. The molecule has 0 unspecified atom stereocenters. The van der Waals surface area contributed by atoms with Crippen molar-refractivity contribution in [3.63, 3.8) is 0 Å². The minimum absolute atomic E-state index is 1.18. The fourth-order valence-corrected chi connectivity index (χ4v) is 7.57. The van der Waals surface area contributed by atoms with Gasteiger partial charge in [0, 0.05) is 0 Å². The molecular formula is C58H54. The first-order valence-corrected chi connectivity index (χ1v) is 20.4. The minimum Gasteiger partial charge on any atom is -0.0587 e. The van der Waals surface area contributed by atoms with E-state index in [1.165, 1.54) is 111 Å². The van der Waals surface area contributed by atoms with Crippen molar-refractivity contribution in [3.8, 4) is 0 Å². The summed E-state index contributed by atoms with van der Waals surface area (Å²) in [5.74, 6) is 0. The van der Waals surface area contributed by atoms with Crippen molar-refractivity contribution in [1.29, 1.82) is 0 Å². The van der Waals surface area contributed by atoms with Gasteiger partial charge in [-0.25, -0.2) is 0 Å². The molecule has 0 aliphatic rings. The first kappa shape index (κ1) is 39.7. The summed E-state index contributed by atoms with van der Waals surface area (Å²) in [7, 11) is 0. The Kier molecular flexibility index (Phi) is 12.2. The molecule has 286 valence electrons. The standard InChI is InChI=1S/C58H54/c1-39-9-27-51(28-10-39)57(52-29-11-40(2)12-30-52)37-49-21-17-47(18-22-49)25-35-55-43(5)45(7)56(46(8)44(55)6)36-26-48-19-23-50(24-20-48)38-58(53-31-13-41(3)14-32-53)54-33-15-42(4)16-34-54/h9-38H,1-8H3. The molecule has 0 saturated heterocycles. The number of benzene rings is 7. The summed E-state index contributed by atoms with van der Waals surface area (Å²) in [6, 6.07) is 53.1. The average Bonchev–Trinajstić information content (AvgIpc) is 3.24. The van der Waals surface area contributed by atoms with E-state index in [4.69, 9.17) is 0 Å². The maximum atomic E-state index is 2.30. The Balaban J connectivity index is 1.10. The molecule has 58 heavy (non-hydrogen) atoms. The Labute approximate surface area is 347 Å². The van der Waals surface area contributed by atoms with Gasteiger partial charge in [0.15, 0.2) is 0 Å². The Morgan fingerprint density at radius 3 is 0.724 bits per heavy atom. The SMILES string of the molecule is Cc1ccc(C(=Cc2ccc(C=Cc3c(C)c(C)c(C=Cc4ccc(C=C(c5ccc(C)cc5)c5ccc(C)cc5)cc4)c(C)c3C)cc2)c2ccc(C)cc2)cc1. The third-order valence-electron chi connectivity index (χ3n) is 11.6. The maximum Gasteiger partial charge on any atom is -0.0105 e. The topological polar surface area (TPSA) is 0 Å². The first-order chi connectivity index (χ1) is 28.0. The van der Waals surface area contributed by atoms with Crippen molar-refractivity contribution < 1.29 is 0 Å². The van der Waals surface area contributed by atoms with Crippen molar-refractivity contribution in [2.75, 3.05) is 0 Å². The molecule has 0 heteroatoms. The molecule has 0 aromatic heterocycles. The van der Waals surface area contributed by atoms with Crippen LogP contribution in [-0.4, -0.2) is 0 Å². The largest absolute Gasteiger partial charge is 0.0587 e. The van der Waals surface area contributed by atoms with E-state index in [9.17, 15) is 0 Å². The van der Waals surface area contributed by atoms with E-state index in [2.05, 4.69) is 237 Å². The Morgan fingerprint density at radius 1 is 0.259 bits per heavy atom. The molecule has 0 amide bonds. The van der Waals surface area contributed by atoms with Crippen LogP contribution in [0.2, 0.25) is 0 Å². The summed E-state index contributed by atoms with van der Waals surface area (Å²) < 4.78 is 0. The number of aryl methyl sites for hydroxylation is 4. The molecule has 7 rings (SSSR count). The van der Waals surface area contributed by atoms with Crippen LogP contribution in [0.4, 0.5) is 0 Å². The van der Waals surface area contributed by atoms with Gasteiger partial charge < -0.3 is 0 Å². The highest BCUT2D eigenvalue weighted by atomic mass is 14.2. The van der Waals surface area contributed by atoms with Crippen LogP contribution in [0.1, 0.15) is 100 Å². The van der Waals surface area contributed by atoms with Gasteiger partial charge in [-0.15, -0.1) is 0 Å².